The number of hydrogen-bond donors (Lipinski definition) is 2. The topological polar surface area (TPSA) is 90.7 Å². The van der Waals surface area contributed by atoms with Gasteiger partial charge < -0.3 is 16.3 Å². The van der Waals surface area contributed by atoms with Crippen molar-refractivity contribution >= 4 is 52.6 Å². The zero-order valence-electron chi connectivity index (χ0n) is 20.5. The number of carbonyl (C=O) groups excluding carboxylic acids is 1. The Bertz CT molecular complexity index is 1030. The van der Waals surface area contributed by atoms with Crippen molar-refractivity contribution in [2.75, 3.05) is 12.1 Å². The Kier molecular flexibility index (Phi) is 15.5. The minimum Gasteiger partial charge on any atom is -0.398 e. The molecule has 0 saturated carbocycles. The highest BCUT2D eigenvalue weighted by Crippen LogP contribution is 2.47. The van der Waals surface area contributed by atoms with Gasteiger partial charge in [0.2, 0.25) is 5.91 Å². The normalized spacial score (nSPS) is 16.1. The fourth-order valence-corrected chi connectivity index (χ4v) is 3.30. The van der Waals surface area contributed by atoms with Gasteiger partial charge in [0.15, 0.2) is 0 Å². The maximum atomic E-state index is 13.0. The number of nitrogens with two attached hydrogens (primary N) is 2. The molecule has 5 nitrogen and oxygen atoms in total. The van der Waals surface area contributed by atoms with Crippen LogP contribution in [-0.2, 0) is 21.1 Å². The Morgan fingerprint density at radius 3 is 2.16 bits per heavy atom. The molecule has 38 heavy (non-hydrogen) atoms. The molecule has 2 aromatic carbocycles. The van der Waals surface area contributed by atoms with Crippen molar-refractivity contribution < 1.29 is 36.0 Å². The van der Waals surface area contributed by atoms with Gasteiger partial charge in [-0.2, -0.15) is 26.3 Å². The van der Waals surface area contributed by atoms with Gasteiger partial charge in [-0.25, -0.2) is 0 Å². The fraction of sp³-hybridized carbons (Fsp3) is 0.417. The standard InChI is InChI=1S/C10H7ClF3NO.C8H10ClN.C5H8F3NO.CH3Cl/c11-8-3-1-2-7(6-8)9(10(12,13)14)4-5-15-16-9;1-6-2-3-7(5-9)8(10)4-6;6-5(7,8)3-1-2-4(9)10;1-2/h1-3,5-6H,4H2;2-4H,5,10H2,1H3;1-3H2,(H2,9,10);1H3. The first-order valence-electron chi connectivity index (χ1n) is 10.8. The SMILES string of the molecule is CCl.Cc1ccc(CCl)c(N)c1.FC(F)(F)C1(c2cccc(Cl)c2)CC=NO1.NC(=O)CCCC(F)(F)F. The van der Waals surface area contributed by atoms with Crippen molar-refractivity contribution in [1.29, 1.82) is 0 Å². The van der Waals surface area contributed by atoms with E-state index in [1.54, 1.807) is 0 Å². The third-order valence-electron chi connectivity index (χ3n) is 4.74. The van der Waals surface area contributed by atoms with E-state index in [2.05, 4.69) is 27.3 Å². The van der Waals surface area contributed by atoms with E-state index in [-0.39, 0.29) is 29.8 Å². The number of primary amides is 1. The van der Waals surface area contributed by atoms with E-state index in [0.717, 1.165) is 17.5 Å². The minimum absolute atomic E-state index is 0.0370. The molecule has 2 aromatic rings. The van der Waals surface area contributed by atoms with Crippen LogP contribution in [0.15, 0.2) is 47.6 Å². The summed E-state index contributed by atoms with van der Waals surface area (Å²) in [7, 11) is 0. The number of amides is 1. The van der Waals surface area contributed by atoms with E-state index in [1.165, 1.54) is 36.2 Å². The highest BCUT2D eigenvalue weighted by molar-refractivity contribution is 6.30. The zero-order valence-corrected chi connectivity index (χ0v) is 22.7. The van der Waals surface area contributed by atoms with Crippen LogP contribution in [-0.4, -0.2) is 30.9 Å². The Morgan fingerprint density at radius 2 is 1.74 bits per heavy atom. The van der Waals surface area contributed by atoms with Gasteiger partial charge in [-0.15, -0.1) is 23.2 Å². The van der Waals surface area contributed by atoms with Crippen LogP contribution in [0.1, 0.15) is 42.4 Å². The minimum atomic E-state index is -4.53. The number of alkyl halides is 8. The van der Waals surface area contributed by atoms with Crippen LogP contribution in [0.5, 0.6) is 0 Å². The zero-order chi connectivity index (χ0) is 29.6. The second-order valence-electron chi connectivity index (χ2n) is 7.69. The molecule has 0 saturated heterocycles. The van der Waals surface area contributed by atoms with Gasteiger partial charge in [0.1, 0.15) is 0 Å². The van der Waals surface area contributed by atoms with Crippen molar-refractivity contribution in [1.82, 2.24) is 0 Å². The Balaban J connectivity index is 0.000000547. The molecule has 1 atom stereocenters. The van der Waals surface area contributed by atoms with Crippen LogP contribution < -0.4 is 11.5 Å². The third kappa shape index (κ3) is 12.4. The summed E-state index contributed by atoms with van der Waals surface area (Å²) in [5.74, 6) is -0.198. The lowest BCUT2D eigenvalue weighted by Crippen LogP contribution is -2.42. The van der Waals surface area contributed by atoms with E-state index >= 15 is 0 Å². The smallest absolute Gasteiger partial charge is 0.398 e. The summed E-state index contributed by atoms with van der Waals surface area (Å²) < 4.78 is 73.0. The number of nitrogen functional groups attached to an aromatic ring is 1. The molecule has 3 rings (SSSR count). The van der Waals surface area contributed by atoms with Crippen LogP contribution in [0.3, 0.4) is 0 Å². The van der Waals surface area contributed by atoms with E-state index < -0.39 is 30.3 Å². The van der Waals surface area contributed by atoms with Gasteiger partial charge in [0.25, 0.3) is 5.60 Å². The number of hydrogen-bond acceptors (Lipinski definition) is 4. The lowest BCUT2D eigenvalue weighted by Gasteiger charge is -2.29. The molecule has 1 amide bonds. The van der Waals surface area contributed by atoms with Gasteiger partial charge in [-0.05, 0) is 42.7 Å². The predicted octanol–water partition coefficient (Wildman–Crippen LogP) is 7.88. The second kappa shape index (κ2) is 16.6. The Hall–Kier alpha value is -2.37. The van der Waals surface area contributed by atoms with E-state index in [4.69, 9.17) is 28.9 Å². The molecule has 214 valence electrons. The van der Waals surface area contributed by atoms with Crippen molar-refractivity contribution in [3.8, 4) is 0 Å². The molecule has 0 radical (unpaired) electrons. The summed E-state index contributed by atoms with van der Waals surface area (Å²) in [4.78, 5) is 14.5. The number of halogens is 9. The Morgan fingerprint density at radius 1 is 1.11 bits per heavy atom. The summed E-state index contributed by atoms with van der Waals surface area (Å²) in [6, 6.07) is 11.4. The molecule has 14 heteroatoms. The largest absolute Gasteiger partial charge is 0.435 e. The molecule has 0 fully saturated rings. The summed E-state index contributed by atoms with van der Waals surface area (Å²) >= 11 is 15.9. The molecule has 1 unspecified atom stereocenters. The maximum absolute atomic E-state index is 13.0. The Labute approximate surface area is 232 Å². The summed E-state index contributed by atoms with van der Waals surface area (Å²) in [5.41, 5.74) is 10.8. The lowest BCUT2D eigenvalue weighted by molar-refractivity contribution is -0.275. The first-order chi connectivity index (χ1) is 17.6. The van der Waals surface area contributed by atoms with Crippen LogP contribution in [0.4, 0.5) is 32.0 Å². The van der Waals surface area contributed by atoms with E-state index in [0.29, 0.717) is 5.88 Å². The fourth-order valence-electron chi connectivity index (χ4n) is 2.87. The number of aryl methyl sites for hydroxylation is 1. The first-order valence-corrected chi connectivity index (χ1v) is 12.4. The van der Waals surface area contributed by atoms with Crippen LogP contribution in [0.2, 0.25) is 5.02 Å². The highest BCUT2D eigenvalue weighted by atomic mass is 35.5. The van der Waals surface area contributed by atoms with Crippen LogP contribution >= 0.6 is 34.8 Å². The molecule has 1 aliphatic heterocycles. The van der Waals surface area contributed by atoms with Gasteiger partial charge >= 0.3 is 12.4 Å². The molecule has 0 aliphatic carbocycles. The van der Waals surface area contributed by atoms with Crippen molar-refractivity contribution in [3.63, 3.8) is 0 Å². The third-order valence-corrected chi connectivity index (χ3v) is 5.26. The molecule has 0 aromatic heterocycles. The van der Waals surface area contributed by atoms with Crippen molar-refractivity contribution in [2.45, 2.75) is 56.4 Å². The van der Waals surface area contributed by atoms with Gasteiger partial charge in [0, 0.05) is 54.0 Å². The molecule has 1 heterocycles. The number of oxime groups is 1. The predicted molar refractivity (Wildman–Crippen MR) is 139 cm³/mol. The summed E-state index contributed by atoms with van der Waals surface area (Å²) in [6.45, 7) is 2.01. The van der Waals surface area contributed by atoms with Gasteiger partial charge in [-0.1, -0.05) is 41.0 Å². The second-order valence-corrected chi connectivity index (χ2v) is 8.39. The van der Waals surface area contributed by atoms with Gasteiger partial charge in [-0.3, -0.25) is 4.79 Å². The number of nitrogens with zero attached hydrogens (tertiary/aromatic N) is 1. The summed E-state index contributed by atoms with van der Waals surface area (Å²) in [5, 5.41) is 3.45. The van der Waals surface area contributed by atoms with Crippen LogP contribution in [0.25, 0.3) is 0 Å². The molecular weight excluding hydrogens is 583 g/mol. The quantitative estimate of drug-likeness (QED) is 0.205. The average Bonchev–Trinajstić information content (AvgIpc) is 3.32. The van der Waals surface area contributed by atoms with Crippen molar-refractivity contribution in [3.05, 3.63) is 64.2 Å². The highest BCUT2D eigenvalue weighted by Gasteiger charge is 2.60. The summed E-state index contributed by atoms with van der Waals surface area (Å²) in [6.07, 6.45) is -7.80. The number of carbonyl (C=O) groups is 1. The first kappa shape index (κ1) is 35.6. The van der Waals surface area contributed by atoms with Crippen molar-refractivity contribution in [2.24, 2.45) is 10.9 Å². The van der Waals surface area contributed by atoms with Crippen LogP contribution in [0, 0.1) is 6.92 Å². The number of anilines is 1. The monoisotopic (exact) mass is 609 g/mol. The lowest BCUT2D eigenvalue weighted by atomic mass is 9.90. The number of rotatable bonds is 5. The van der Waals surface area contributed by atoms with E-state index in [1.807, 2.05) is 25.1 Å². The maximum Gasteiger partial charge on any atom is 0.435 e. The molecule has 0 spiro atoms. The molecular formula is C24H28Cl3F6N3O2. The van der Waals surface area contributed by atoms with Gasteiger partial charge in [0.05, 0.1) is 0 Å². The molecule has 4 N–H and O–H groups in total. The molecule has 1 aliphatic rings. The average molecular weight is 611 g/mol. The van der Waals surface area contributed by atoms with E-state index in [9.17, 15) is 31.1 Å². The molecule has 0 bridgehead atoms. The number of benzene rings is 2.